The highest BCUT2D eigenvalue weighted by molar-refractivity contribution is 4.66. The van der Waals surface area contributed by atoms with Crippen molar-refractivity contribution in [3.8, 4) is 0 Å². The van der Waals surface area contributed by atoms with Gasteiger partial charge in [0.1, 0.15) is 0 Å². The van der Waals surface area contributed by atoms with Gasteiger partial charge in [0.05, 0.1) is 6.61 Å². The first-order valence-electron chi connectivity index (χ1n) is 7.59. The van der Waals surface area contributed by atoms with Gasteiger partial charge in [-0.05, 0) is 63.8 Å². The molecule has 1 heterocycles. The van der Waals surface area contributed by atoms with Gasteiger partial charge in [-0.25, -0.2) is 0 Å². The Hall–Kier alpha value is -0.120. The lowest BCUT2D eigenvalue weighted by Crippen LogP contribution is -2.25. The highest BCUT2D eigenvalue weighted by Gasteiger charge is 2.10. The fraction of sp³-hybridized carbons (Fsp3) is 1.00. The molecule has 3 heteroatoms. The van der Waals surface area contributed by atoms with Crippen LogP contribution in [0.3, 0.4) is 0 Å². The van der Waals surface area contributed by atoms with E-state index in [1.807, 2.05) is 0 Å². The van der Waals surface area contributed by atoms with Gasteiger partial charge in [-0.3, -0.25) is 0 Å². The van der Waals surface area contributed by atoms with Gasteiger partial charge >= 0.3 is 0 Å². The van der Waals surface area contributed by atoms with Crippen LogP contribution in [0.25, 0.3) is 0 Å². The van der Waals surface area contributed by atoms with Gasteiger partial charge in [-0.2, -0.15) is 0 Å². The molecule has 0 spiro atoms. The third-order valence-electron chi connectivity index (χ3n) is 3.20. The van der Waals surface area contributed by atoms with Crippen LogP contribution in [-0.4, -0.2) is 50.8 Å². The molecule has 0 amide bonds. The van der Waals surface area contributed by atoms with Crippen molar-refractivity contribution in [2.75, 3.05) is 45.9 Å². The van der Waals surface area contributed by atoms with Crippen LogP contribution < -0.4 is 5.32 Å². The standard InChI is InChI=1S/C15H32N2O/c1-15(2,3)14-18-13-7-9-16-8-6-12-17-10-4-5-11-17/h16H,4-14H2,1-3H3. The van der Waals surface area contributed by atoms with Crippen molar-refractivity contribution in [3.63, 3.8) is 0 Å². The Labute approximate surface area is 113 Å². The SMILES string of the molecule is CC(C)(C)COCCCNCCCN1CCCC1. The fourth-order valence-electron chi connectivity index (χ4n) is 2.24. The van der Waals surface area contributed by atoms with Crippen molar-refractivity contribution in [2.45, 2.75) is 46.5 Å². The summed E-state index contributed by atoms with van der Waals surface area (Å²) in [6.07, 6.45) is 5.21. The van der Waals surface area contributed by atoms with E-state index in [2.05, 4.69) is 31.0 Å². The molecule has 1 N–H and O–H groups in total. The molecule has 18 heavy (non-hydrogen) atoms. The summed E-state index contributed by atoms with van der Waals surface area (Å²) >= 11 is 0. The summed E-state index contributed by atoms with van der Waals surface area (Å²) in [5, 5.41) is 3.50. The van der Waals surface area contributed by atoms with Crippen molar-refractivity contribution in [1.82, 2.24) is 10.2 Å². The second-order valence-corrected chi connectivity index (χ2v) is 6.62. The average Bonchev–Trinajstić information content (AvgIpc) is 2.78. The molecular formula is C15H32N2O. The molecule has 1 fully saturated rings. The number of likely N-dealkylation sites (tertiary alicyclic amines) is 1. The van der Waals surface area contributed by atoms with Gasteiger partial charge in [-0.1, -0.05) is 20.8 Å². The summed E-state index contributed by atoms with van der Waals surface area (Å²) in [6.45, 7) is 14.5. The van der Waals surface area contributed by atoms with Gasteiger partial charge in [-0.15, -0.1) is 0 Å². The Balaban J connectivity index is 1.76. The van der Waals surface area contributed by atoms with Crippen LogP contribution in [0.5, 0.6) is 0 Å². The van der Waals surface area contributed by atoms with Crippen molar-refractivity contribution < 1.29 is 4.74 Å². The first-order valence-corrected chi connectivity index (χ1v) is 7.59. The number of ether oxygens (including phenoxy) is 1. The molecule has 0 atom stereocenters. The summed E-state index contributed by atoms with van der Waals surface area (Å²) in [7, 11) is 0. The molecule has 0 aromatic heterocycles. The van der Waals surface area contributed by atoms with Crippen LogP contribution in [0.15, 0.2) is 0 Å². The smallest absolute Gasteiger partial charge is 0.0514 e. The summed E-state index contributed by atoms with van der Waals surface area (Å²) in [5.74, 6) is 0. The number of hydrogen-bond donors (Lipinski definition) is 1. The molecular weight excluding hydrogens is 224 g/mol. The molecule has 1 aliphatic rings. The van der Waals surface area contributed by atoms with Crippen molar-refractivity contribution >= 4 is 0 Å². The maximum Gasteiger partial charge on any atom is 0.0514 e. The Morgan fingerprint density at radius 2 is 1.72 bits per heavy atom. The lowest BCUT2D eigenvalue weighted by Gasteiger charge is -2.18. The van der Waals surface area contributed by atoms with E-state index in [0.717, 1.165) is 32.7 Å². The highest BCUT2D eigenvalue weighted by Crippen LogP contribution is 2.12. The maximum atomic E-state index is 5.64. The minimum absolute atomic E-state index is 0.295. The molecule has 0 radical (unpaired) electrons. The summed E-state index contributed by atoms with van der Waals surface area (Å²) < 4.78 is 5.64. The minimum Gasteiger partial charge on any atom is -0.381 e. The molecule has 0 aromatic rings. The quantitative estimate of drug-likeness (QED) is 0.642. The zero-order valence-electron chi connectivity index (χ0n) is 12.6. The molecule has 1 saturated heterocycles. The second-order valence-electron chi connectivity index (χ2n) is 6.62. The Bertz CT molecular complexity index is 195. The fourth-order valence-corrected chi connectivity index (χ4v) is 2.24. The van der Waals surface area contributed by atoms with Gasteiger partial charge < -0.3 is 15.0 Å². The minimum atomic E-state index is 0.295. The van der Waals surface area contributed by atoms with Gasteiger partial charge in [0.15, 0.2) is 0 Å². The van der Waals surface area contributed by atoms with Crippen LogP contribution in [0.4, 0.5) is 0 Å². The molecule has 0 bridgehead atoms. The Kier molecular flexibility index (Phi) is 7.87. The lowest BCUT2D eigenvalue weighted by molar-refractivity contribution is 0.0698. The number of nitrogens with zero attached hydrogens (tertiary/aromatic N) is 1. The van der Waals surface area contributed by atoms with Crippen LogP contribution >= 0.6 is 0 Å². The zero-order valence-corrected chi connectivity index (χ0v) is 12.6. The molecule has 3 nitrogen and oxygen atoms in total. The van der Waals surface area contributed by atoms with E-state index >= 15 is 0 Å². The topological polar surface area (TPSA) is 24.5 Å². The first-order chi connectivity index (χ1) is 8.58. The number of rotatable bonds is 9. The molecule has 1 aliphatic heterocycles. The monoisotopic (exact) mass is 256 g/mol. The van der Waals surface area contributed by atoms with E-state index < -0.39 is 0 Å². The van der Waals surface area contributed by atoms with E-state index in [1.165, 1.54) is 38.9 Å². The lowest BCUT2D eigenvalue weighted by atomic mass is 9.99. The van der Waals surface area contributed by atoms with Gasteiger partial charge in [0, 0.05) is 6.61 Å². The zero-order chi connectivity index (χ0) is 13.3. The predicted octanol–water partition coefficient (Wildman–Crippen LogP) is 2.51. The first kappa shape index (κ1) is 15.9. The summed E-state index contributed by atoms with van der Waals surface area (Å²) in [4.78, 5) is 2.58. The van der Waals surface area contributed by atoms with Crippen LogP contribution in [0.1, 0.15) is 46.5 Å². The maximum absolute atomic E-state index is 5.64. The van der Waals surface area contributed by atoms with Gasteiger partial charge in [0.2, 0.25) is 0 Å². The van der Waals surface area contributed by atoms with E-state index in [4.69, 9.17) is 4.74 Å². The van der Waals surface area contributed by atoms with Crippen LogP contribution in [0.2, 0.25) is 0 Å². The average molecular weight is 256 g/mol. The van der Waals surface area contributed by atoms with Crippen LogP contribution in [-0.2, 0) is 4.74 Å². The van der Waals surface area contributed by atoms with E-state index in [9.17, 15) is 0 Å². The van der Waals surface area contributed by atoms with Crippen molar-refractivity contribution in [1.29, 1.82) is 0 Å². The highest BCUT2D eigenvalue weighted by atomic mass is 16.5. The Morgan fingerprint density at radius 3 is 2.39 bits per heavy atom. The van der Waals surface area contributed by atoms with E-state index in [-0.39, 0.29) is 0 Å². The molecule has 0 saturated carbocycles. The second kappa shape index (κ2) is 8.89. The number of nitrogens with one attached hydrogen (secondary N) is 1. The van der Waals surface area contributed by atoms with Gasteiger partial charge in [0.25, 0.3) is 0 Å². The molecule has 0 aliphatic carbocycles. The molecule has 108 valence electrons. The molecule has 0 aromatic carbocycles. The van der Waals surface area contributed by atoms with Crippen molar-refractivity contribution in [2.24, 2.45) is 5.41 Å². The summed E-state index contributed by atoms with van der Waals surface area (Å²) in [5.41, 5.74) is 0.295. The largest absolute Gasteiger partial charge is 0.381 e. The third kappa shape index (κ3) is 8.90. The Morgan fingerprint density at radius 1 is 1.06 bits per heavy atom. The van der Waals surface area contributed by atoms with E-state index in [1.54, 1.807) is 0 Å². The molecule has 0 unspecified atom stereocenters. The summed E-state index contributed by atoms with van der Waals surface area (Å²) in [6, 6.07) is 0. The van der Waals surface area contributed by atoms with Crippen molar-refractivity contribution in [3.05, 3.63) is 0 Å². The van der Waals surface area contributed by atoms with E-state index in [0.29, 0.717) is 5.41 Å². The molecule has 1 rings (SSSR count). The normalized spacial score (nSPS) is 17.5. The number of hydrogen-bond acceptors (Lipinski definition) is 3. The van der Waals surface area contributed by atoms with Crippen LogP contribution in [0, 0.1) is 5.41 Å². The third-order valence-corrected chi connectivity index (χ3v) is 3.20. The predicted molar refractivity (Wildman–Crippen MR) is 78.1 cm³/mol.